The number of aryl methyl sites for hydroxylation is 1. The number of amides is 2. The summed E-state index contributed by atoms with van der Waals surface area (Å²) in [6.45, 7) is 4.11. The molecule has 11 nitrogen and oxygen atoms in total. The van der Waals surface area contributed by atoms with E-state index < -0.39 is 35.1 Å². The predicted octanol–water partition coefficient (Wildman–Crippen LogP) is 3.53. The number of nitrogens with zero attached hydrogens (tertiary/aromatic N) is 6. The minimum atomic E-state index is -1.02. The van der Waals surface area contributed by atoms with Gasteiger partial charge >= 0.3 is 0 Å². The number of carbonyl (C=O) groups excluding carboxylic acids is 2. The Balaban J connectivity index is 1.06. The van der Waals surface area contributed by atoms with Crippen LogP contribution in [0.15, 0.2) is 29.0 Å². The van der Waals surface area contributed by atoms with E-state index in [1.54, 1.807) is 12.4 Å². The summed E-state index contributed by atoms with van der Waals surface area (Å²) in [6.07, 6.45) is 8.58. The molecule has 2 fully saturated rings. The van der Waals surface area contributed by atoms with Gasteiger partial charge in [0.1, 0.15) is 29.0 Å². The van der Waals surface area contributed by atoms with Crippen molar-refractivity contribution >= 4 is 17.8 Å². The first-order chi connectivity index (χ1) is 19.8. The molecule has 13 heteroatoms. The van der Waals surface area contributed by atoms with E-state index in [2.05, 4.69) is 25.0 Å². The standard InChI is InChI=1S/C28H33F2N7O4/c1-2-23-34-26(35-41-23)18-15-32-28(33-16-18)36-10-7-17(8-11-36)5-4-12-40-19-13-20(29)24(21(30)14-19)27(39)37-9-3-6-22(37)25(31)38/h13-17,22H,2-12H2,1H3,(H2,31,38)/t22-/m0/s1. The quantitative estimate of drug-likeness (QED) is 0.363. The molecule has 1 aromatic carbocycles. The second-order valence-corrected chi connectivity index (χ2v) is 10.4. The fourth-order valence-electron chi connectivity index (χ4n) is 5.39. The van der Waals surface area contributed by atoms with Crippen molar-refractivity contribution in [3.63, 3.8) is 0 Å². The first-order valence-electron chi connectivity index (χ1n) is 14.0. The lowest BCUT2D eigenvalue weighted by Crippen LogP contribution is -2.44. The third-order valence-corrected chi connectivity index (χ3v) is 7.66. The Hall–Kier alpha value is -4.16. The van der Waals surface area contributed by atoms with Crippen LogP contribution in [0.5, 0.6) is 5.75 Å². The molecule has 5 rings (SSSR count). The van der Waals surface area contributed by atoms with Crippen LogP contribution in [0.25, 0.3) is 11.4 Å². The molecule has 2 N–H and O–H groups in total. The number of likely N-dealkylation sites (tertiary alicyclic amines) is 1. The average Bonchev–Trinajstić information content (AvgIpc) is 3.66. The van der Waals surface area contributed by atoms with Gasteiger partial charge in [-0.05, 0) is 44.4 Å². The molecule has 3 aromatic rings. The summed E-state index contributed by atoms with van der Waals surface area (Å²) in [7, 11) is 0. The molecule has 0 aliphatic carbocycles. The number of ether oxygens (including phenoxy) is 1. The topological polar surface area (TPSA) is 141 Å². The van der Waals surface area contributed by atoms with E-state index in [9.17, 15) is 18.4 Å². The first kappa shape index (κ1) is 28.4. The fraction of sp³-hybridized carbons (Fsp3) is 0.500. The van der Waals surface area contributed by atoms with Crippen LogP contribution >= 0.6 is 0 Å². The highest BCUT2D eigenvalue weighted by atomic mass is 19.1. The zero-order valence-electron chi connectivity index (χ0n) is 22.9. The number of aromatic nitrogens is 4. The predicted molar refractivity (Wildman–Crippen MR) is 144 cm³/mol. The van der Waals surface area contributed by atoms with Gasteiger partial charge in [-0.3, -0.25) is 9.59 Å². The number of piperidine rings is 1. The van der Waals surface area contributed by atoms with Crippen molar-refractivity contribution < 1.29 is 27.6 Å². The number of carbonyl (C=O) groups is 2. The third-order valence-electron chi connectivity index (χ3n) is 7.66. The Labute approximate surface area is 236 Å². The maximum Gasteiger partial charge on any atom is 0.260 e. The van der Waals surface area contributed by atoms with Crippen LogP contribution in [0.3, 0.4) is 0 Å². The van der Waals surface area contributed by atoms with Gasteiger partial charge < -0.3 is 24.8 Å². The zero-order valence-corrected chi connectivity index (χ0v) is 22.9. The Morgan fingerprint density at radius 2 is 1.80 bits per heavy atom. The molecule has 2 aromatic heterocycles. The fourth-order valence-corrected chi connectivity index (χ4v) is 5.39. The van der Waals surface area contributed by atoms with Gasteiger partial charge in [-0.15, -0.1) is 0 Å². The average molecular weight is 570 g/mol. The highest BCUT2D eigenvalue weighted by Gasteiger charge is 2.35. The molecule has 0 saturated carbocycles. The van der Waals surface area contributed by atoms with Gasteiger partial charge in [-0.2, -0.15) is 4.98 Å². The minimum absolute atomic E-state index is 0.0200. The summed E-state index contributed by atoms with van der Waals surface area (Å²) in [5.41, 5.74) is 5.34. The number of benzene rings is 1. The van der Waals surface area contributed by atoms with Crippen LogP contribution in [-0.2, 0) is 11.2 Å². The molecule has 2 saturated heterocycles. The van der Waals surface area contributed by atoms with Crippen molar-refractivity contribution in [2.45, 2.75) is 57.9 Å². The van der Waals surface area contributed by atoms with Crippen molar-refractivity contribution in [2.24, 2.45) is 11.7 Å². The number of hydrogen-bond acceptors (Lipinski definition) is 9. The molecular weight excluding hydrogens is 536 g/mol. The lowest BCUT2D eigenvalue weighted by Gasteiger charge is -2.32. The van der Waals surface area contributed by atoms with Gasteiger partial charge in [-0.25, -0.2) is 18.7 Å². The molecule has 2 aliphatic heterocycles. The van der Waals surface area contributed by atoms with Gasteiger partial charge in [0.15, 0.2) is 0 Å². The molecule has 4 heterocycles. The molecular formula is C28H33F2N7O4. The van der Waals surface area contributed by atoms with Crippen LogP contribution in [0.2, 0.25) is 0 Å². The molecule has 41 heavy (non-hydrogen) atoms. The van der Waals surface area contributed by atoms with Crippen molar-refractivity contribution in [2.75, 3.05) is 31.1 Å². The van der Waals surface area contributed by atoms with Crippen molar-refractivity contribution in [1.82, 2.24) is 25.0 Å². The molecule has 218 valence electrons. The smallest absolute Gasteiger partial charge is 0.260 e. The van der Waals surface area contributed by atoms with E-state index in [0.717, 1.165) is 55.8 Å². The van der Waals surface area contributed by atoms with E-state index in [0.29, 0.717) is 55.0 Å². The lowest BCUT2D eigenvalue weighted by molar-refractivity contribution is -0.121. The van der Waals surface area contributed by atoms with Gasteiger partial charge in [0.05, 0.1) is 12.2 Å². The van der Waals surface area contributed by atoms with Crippen LogP contribution in [0.4, 0.5) is 14.7 Å². The Morgan fingerprint density at radius 1 is 1.10 bits per heavy atom. The molecule has 0 radical (unpaired) electrons. The summed E-state index contributed by atoms with van der Waals surface area (Å²) >= 11 is 0. The second kappa shape index (κ2) is 12.6. The summed E-state index contributed by atoms with van der Waals surface area (Å²) < 4.78 is 40.2. The number of rotatable bonds is 10. The maximum absolute atomic E-state index is 14.7. The molecule has 0 bridgehead atoms. The monoisotopic (exact) mass is 569 g/mol. The maximum atomic E-state index is 14.7. The summed E-state index contributed by atoms with van der Waals surface area (Å²) in [5, 5.41) is 3.95. The van der Waals surface area contributed by atoms with Crippen molar-refractivity contribution in [3.05, 3.63) is 47.6 Å². The van der Waals surface area contributed by atoms with E-state index >= 15 is 0 Å². The van der Waals surface area contributed by atoms with Crippen molar-refractivity contribution in [3.8, 4) is 17.1 Å². The number of halogens is 2. The van der Waals surface area contributed by atoms with Gasteiger partial charge in [0.2, 0.25) is 23.6 Å². The third kappa shape index (κ3) is 6.44. The van der Waals surface area contributed by atoms with E-state index in [1.807, 2.05) is 6.92 Å². The molecule has 0 unspecified atom stereocenters. The normalized spacial score (nSPS) is 17.7. The Bertz CT molecular complexity index is 1350. The van der Waals surface area contributed by atoms with E-state index in [-0.39, 0.29) is 12.3 Å². The molecule has 2 amide bonds. The minimum Gasteiger partial charge on any atom is -0.493 e. The number of hydrogen-bond donors (Lipinski definition) is 1. The van der Waals surface area contributed by atoms with Gasteiger partial charge in [-0.1, -0.05) is 12.1 Å². The number of nitrogens with two attached hydrogens (primary N) is 1. The van der Waals surface area contributed by atoms with E-state index in [1.165, 1.54) is 0 Å². The lowest BCUT2D eigenvalue weighted by atomic mass is 9.92. The summed E-state index contributed by atoms with van der Waals surface area (Å²) in [6, 6.07) is 1.17. The van der Waals surface area contributed by atoms with Crippen molar-refractivity contribution in [1.29, 1.82) is 0 Å². The van der Waals surface area contributed by atoms with Gasteiger partial charge in [0.25, 0.3) is 5.91 Å². The highest BCUT2D eigenvalue weighted by molar-refractivity contribution is 5.98. The van der Waals surface area contributed by atoms with Gasteiger partial charge in [0, 0.05) is 50.6 Å². The van der Waals surface area contributed by atoms with Crippen LogP contribution in [0, 0.1) is 17.6 Å². The molecule has 0 spiro atoms. The molecule has 1 atom stereocenters. The summed E-state index contributed by atoms with van der Waals surface area (Å²) in [4.78, 5) is 40.9. The Kier molecular flexibility index (Phi) is 8.70. The number of anilines is 1. The number of primary amides is 1. The van der Waals surface area contributed by atoms with E-state index in [4.69, 9.17) is 15.0 Å². The van der Waals surface area contributed by atoms with Crippen LogP contribution < -0.4 is 15.4 Å². The van der Waals surface area contributed by atoms with Crippen LogP contribution in [-0.4, -0.2) is 69.1 Å². The second-order valence-electron chi connectivity index (χ2n) is 10.4. The highest BCUT2D eigenvalue weighted by Crippen LogP contribution is 2.28. The SMILES string of the molecule is CCc1nc(-c2cnc(N3CCC(CCCOc4cc(F)c(C(=O)N5CCC[C@H]5C(N)=O)c(F)c4)CC3)nc2)no1. The largest absolute Gasteiger partial charge is 0.493 e. The first-order valence-corrected chi connectivity index (χ1v) is 14.0. The Morgan fingerprint density at radius 3 is 2.44 bits per heavy atom. The zero-order chi connectivity index (χ0) is 28.9. The van der Waals surface area contributed by atoms with Crippen LogP contribution in [0.1, 0.15) is 61.7 Å². The summed E-state index contributed by atoms with van der Waals surface area (Å²) in [5.74, 6) is -1.38. The molecule has 2 aliphatic rings.